The molecule has 0 atom stereocenters. The Morgan fingerprint density at radius 3 is 2.50 bits per heavy atom. The first-order valence-corrected chi connectivity index (χ1v) is 9.14. The fraction of sp³-hybridized carbons (Fsp3) is 0.667. The van der Waals surface area contributed by atoms with Crippen molar-refractivity contribution in [2.75, 3.05) is 11.9 Å². The Labute approximate surface area is 132 Å². The molecular weight excluding hydrogens is 312 g/mol. The van der Waals surface area contributed by atoms with Gasteiger partial charge in [0.05, 0.1) is 5.60 Å². The third-order valence-electron chi connectivity index (χ3n) is 4.70. The molecule has 0 aromatic heterocycles. The summed E-state index contributed by atoms with van der Waals surface area (Å²) in [6, 6.07) is 10.7. The van der Waals surface area contributed by atoms with Gasteiger partial charge >= 0.3 is 0 Å². The Morgan fingerprint density at radius 1 is 1.20 bits per heavy atom. The van der Waals surface area contributed by atoms with Gasteiger partial charge in [0.1, 0.15) is 0 Å². The zero-order chi connectivity index (χ0) is 14.3. The van der Waals surface area contributed by atoms with Gasteiger partial charge in [0.2, 0.25) is 0 Å². The number of hydrogen-bond acceptors (Lipinski definition) is 1. The van der Waals surface area contributed by atoms with Crippen LogP contribution in [0, 0.1) is 5.92 Å². The number of halogens is 1. The Balaban J connectivity index is 1.71. The van der Waals surface area contributed by atoms with E-state index in [2.05, 4.69) is 53.2 Å². The van der Waals surface area contributed by atoms with Gasteiger partial charge < -0.3 is 4.74 Å². The van der Waals surface area contributed by atoms with Crippen LogP contribution in [0.1, 0.15) is 51.0 Å². The fourth-order valence-electron chi connectivity index (χ4n) is 3.14. The average molecular weight is 339 g/mol. The molecule has 0 spiro atoms. The molecule has 0 N–H and O–H groups in total. The topological polar surface area (TPSA) is 9.23 Å². The maximum Gasteiger partial charge on any atom is 0.0779 e. The third-order valence-corrected chi connectivity index (χ3v) is 5.72. The van der Waals surface area contributed by atoms with Crippen LogP contribution in [0.2, 0.25) is 0 Å². The molecule has 1 aromatic carbocycles. The highest BCUT2D eigenvalue weighted by Crippen LogP contribution is 2.37. The molecular formula is C18H27BrO. The van der Waals surface area contributed by atoms with E-state index in [9.17, 15) is 0 Å². The van der Waals surface area contributed by atoms with E-state index in [-0.39, 0.29) is 5.60 Å². The standard InChI is InChI=1S/C18H27BrO/c1-2-16-10-12-18(15-19,13-11-16)20-14-6-9-17-7-4-3-5-8-17/h3-5,7-8,16H,2,6,9-15H2,1H3. The molecule has 1 saturated carbocycles. The summed E-state index contributed by atoms with van der Waals surface area (Å²) in [5.41, 5.74) is 1.53. The quantitative estimate of drug-likeness (QED) is 0.479. The second kappa shape index (κ2) is 8.19. The Bertz CT molecular complexity index is 368. The van der Waals surface area contributed by atoms with E-state index >= 15 is 0 Å². The van der Waals surface area contributed by atoms with E-state index in [0.717, 1.165) is 30.7 Å². The van der Waals surface area contributed by atoms with Crippen molar-refractivity contribution in [1.29, 1.82) is 0 Å². The van der Waals surface area contributed by atoms with Gasteiger partial charge in [-0.2, -0.15) is 0 Å². The van der Waals surface area contributed by atoms with Crippen molar-refractivity contribution in [2.45, 2.75) is 57.5 Å². The maximum absolute atomic E-state index is 6.29. The van der Waals surface area contributed by atoms with Crippen molar-refractivity contribution < 1.29 is 4.74 Å². The molecule has 112 valence electrons. The minimum Gasteiger partial charge on any atom is -0.374 e. The zero-order valence-corrected chi connectivity index (χ0v) is 14.2. The molecule has 2 heteroatoms. The highest BCUT2D eigenvalue weighted by molar-refractivity contribution is 9.09. The molecule has 0 amide bonds. The molecule has 0 heterocycles. The van der Waals surface area contributed by atoms with Crippen LogP contribution in [-0.2, 0) is 11.2 Å². The van der Waals surface area contributed by atoms with Crippen LogP contribution < -0.4 is 0 Å². The van der Waals surface area contributed by atoms with Crippen LogP contribution >= 0.6 is 15.9 Å². The summed E-state index contributed by atoms with van der Waals surface area (Å²) in [5.74, 6) is 0.926. The molecule has 20 heavy (non-hydrogen) atoms. The van der Waals surface area contributed by atoms with E-state index < -0.39 is 0 Å². The van der Waals surface area contributed by atoms with Crippen molar-refractivity contribution in [1.82, 2.24) is 0 Å². The fourth-order valence-corrected chi connectivity index (χ4v) is 3.86. The van der Waals surface area contributed by atoms with Crippen molar-refractivity contribution in [2.24, 2.45) is 5.92 Å². The summed E-state index contributed by atoms with van der Waals surface area (Å²) >= 11 is 3.68. The maximum atomic E-state index is 6.29. The molecule has 0 unspecified atom stereocenters. The normalized spacial score (nSPS) is 26.6. The van der Waals surface area contributed by atoms with E-state index in [1.165, 1.54) is 37.7 Å². The summed E-state index contributed by atoms with van der Waals surface area (Å²) in [5, 5.41) is 0.988. The molecule has 0 aliphatic heterocycles. The van der Waals surface area contributed by atoms with Crippen LogP contribution in [0.25, 0.3) is 0 Å². The predicted octanol–water partition coefficient (Wildman–Crippen LogP) is 5.37. The lowest BCUT2D eigenvalue weighted by molar-refractivity contribution is -0.0608. The molecule has 1 aliphatic rings. The van der Waals surface area contributed by atoms with Crippen molar-refractivity contribution in [3.05, 3.63) is 35.9 Å². The first-order valence-electron chi connectivity index (χ1n) is 8.02. The molecule has 0 bridgehead atoms. The van der Waals surface area contributed by atoms with Gasteiger partial charge in [0, 0.05) is 11.9 Å². The number of benzene rings is 1. The van der Waals surface area contributed by atoms with Crippen LogP contribution in [0.3, 0.4) is 0 Å². The number of rotatable bonds is 7. The van der Waals surface area contributed by atoms with Gasteiger partial charge in [0.15, 0.2) is 0 Å². The van der Waals surface area contributed by atoms with Crippen molar-refractivity contribution >= 4 is 15.9 Å². The highest BCUT2D eigenvalue weighted by Gasteiger charge is 2.34. The van der Waals surface area contributed by atoms with Crippen LogP contribution in [-0.4, -0.2) is 17.5 Å². The second-order valence-electron chi connectivity index (χ2n) is 6.11. The number of alkyl halides is 1. The Morgan fingerprint density at radius 2 is 1.90 bits per heavy atom. The third kappa shape index (κ3) is 4.60. The lowest BCUT2D eigenvalue weighted by atomic mass is 9.78. The lowest BCUT2D eigenvalue weighted by Gasteiger charge is -2.39. The van der Waals surface area contributed by atoms with Gasteiger partial charge in [-0.15, -0.1) is 0 Å². The SMILES string of the molecule is CCC1CCC(CBr)(OCCCc2ccccc2)CC1. The van der Waals surface area contributed by atoms with E-state index in [1.54, 1.807) is 0 Å². The molecule has 0 saturated heterocycles. The molecule has 1 fully saturated rings. The first-order chi connectivity index (χ1) is 9.78. The average Bonchev–Trinajstić information content (AvgIpc) is 2.53. The molecule has 1 nitrogen and oxygen atoms in total. The minimum atomic E-state index is 0.113. The monoisotopic (exact) mass is 338 g/mol. The smallest absolute Gasteiger partial charge is 0.0779 e. The zero-order valence-electron chi connectivity index (χ0n) is 12.6. The summed E-state index contributed by atoms with van der Waals surface area (Å²) in [7, 11) is 0. The van der Waals surface area contributed by atoms with Gasteiger partial charge in [-0.05, 0) is 50.0 Å². The molecule has 1 aromatic rings. The largest absolute Gasteiger partial charge is 0.374 e. The van der Waals surface area contributed by atoms with Gasteiger partial charge in [-0.25, -0.2) is 0 Å². The highest BCUT2D eigenvalue weighted by atomic mass is 79.9. The van der Waals surface area contributed by atoms with Gasteiger partial charge in [-0.3, -0.25) is 0 Å². The Kier molecular flexibility index (Phi) is 6.57. The van der Waals surface area contributed by atoms with Crippen molar-refractivity contribution in [3.63, 3.8) is 0 Å². The van der Waals surface area contributed by atoms with E-state index in [1.807, 2.05) is 0 Å². The summed E-state index contributed by atoms with van der Waals surface area (Å²) < 4.78 is 6.29. The summed E-state index contributed by atoms with van der Waals surface area (Å²) in [4.78, 5) is 0. The predicted molar refractivity (Wildman–Crippen MR) is 89.5 cm³/mol. The minimum absolute atomic E-state index is 0.113. The van der Waals surface area contributed by atoms with E-state index in [4.69, 9.17) is 4.74 Å². The molecule has 1 aliphatic carbocycles. The number of ether oxygens (including phenoxy) is 1. The summed E-state index contributed by atoms with van der Waals surface area (Å²) in [6.45, 7) is 3.20. The van der Waals surface area contributed by atoms with E-state index in [0.29, 0.717) is 0 Å². The Hall–Kier alpha value is -0.340. The van der Waals surface area contributed by atoms with Gasteiger partial charge in [0.25, 0.3) is 0 Å². The molecule has 2 rings (SSSR count). The molecule has 0 radical (unpaired) electrons. The number of aryl methyl sites for hydroxylation is 1. The number of hydrogen-bond donors (Lipinski definition) is 0. The summed E-state index contributed by atoms with van der Waals surface area (Å²) in [6.07, 6.45) is 8.69. The first kappa shape index (κ1) is 16.0. The van der Waals surface area contributed by atoms with Crippen LogP contribution in [0.15, 0.2) is 30.3 Å². The van der Waals surface area contributed by atoms with Crippen LogP contribution in [0.5, 0.6) is 0 Å². The lowest BCUT2D eigenvalue weighted by Crippen LogP contribution is -2.39. The van der Waals surface area contributed by atoms with Crippen LogP contribution in [0.4, 0.5) is 0 Å². The second-order valence-corrected chi connectivity index (χ2v) is 6.67. The van der Waals surface area contributed by atoms with Crippen molar-refractivity contribution in [3.8, 4) is 0 Å². The van der Waals surface area contributed by atoms with Gasteiger partial charge in [-0.1, -0.05) is 59.6 Å².